The number of fused-ring (bicyclic) bond motifs is 7. The van der Waals surface area contributed by atoms with Crippen LogP contribution < -0.4 is 24.8 Å². The molecule has 20 heteroatoms. The highest BCUT2D eigenvalue weighted by Gasteiger charge is 2.67. The Morgan fingerprint density at radius 1 is 1.02 bits per heavy atom. The van der Waals surface area contributed by atoms with Crippen LogP contribution in [-0.4, -0.2) is 102 Å². The van der Waals surface area contributed by atoms with Gasteiger partial charge in [-0.25, -0.2) is 32.0 Å². The molecule has 8 rings (SSSR count). The molecule has 2 aliphatic heterocycles. The first-order valence-electron chi connectivity index (χ1n) is 20.6. The molecular weight excluding hydrogens is 817 g/mol. The van der Waals surface area contributed by atoms with Crippen LogP contribution in [0.3, 0.4) is 0 Å². The molecule has 5 fully saturated rings. The number of hydrogen-bond acceptors (Lipinski definition) is 11. The molecule has 3 heterocycles. The molecule has 3 N–H and O–H groups in total. The fourth-order valence-corrected chi connectivity index (χ4v) is 10.7. The highest BCUT2D eigenvalue weighted by molar-refractivity contribution is 7.91. The molecule has 9 atom stereocenters. The predicted octanol–water partition coefficient (Wildman–Crippen LogP) is 4.57. The van der Waals surface area contributed by atoms with Crippen molar-refractivity contribution in [1.29, 1.82) is 0 Å². The van der Waals surface area contributed by atoms with Crippen molar-refractivity contribution in [1.82, 2.24) is 30.2 Å². The standard InChI is InChI=1S/C40H50F4N6O9S/c1-38(2,3)31-35(52)50-18-21(16-28(50)33(51)48-39(17-25(39)32(41)42)36(53)49-60(55,56)22-9-10-22)58-34-30(45-26-11-8-20(57-4)15-27(26)46-34)40(43,44)12-6-5-7-23-24-13-19(24)14-29(23)59-37(54)47-31/h8,11,15,19,21-25,28-29,31-32H,5-7,9-10,12-14,16-18H2,1-4H3,(H,47,54)(H,48,51)(H,49,53)/t19-,21?,23+,24-,25-,28-,29+,31+,39+/m0/s1. The molecule has 2 aromatic rings. The molecule has 1 saturated heterocycles. The van der Waals surface area contributed by atoms with Crippen LogP contribution >= 0.6 is 0 Å². The molecule has 1 unspecified atom stereocenters. The Morgan fingerprint density at radius 2 is 1.77 bits per heavy atom. The van der Waals surface area contributed by atoms with Crippen molar-refractivity contribution >= 4 is 44.9 Å². The van der Waals surface area contributed by atoms with Gasteiger partial charge in [-0.1, -0.05) is 27.2 Å². The lowest BCUT2D eigenvalue weighted by Gasteiger charge is -2.36. The van der Waals surface area contributed by atoms with Gasteiger partial charge < -0.3 is 29.7 Å². The summed E-state index contributed by atoms with van der Waals surface area (Å²) in [6.07, 6.45) is -4.07. The summed E-state index contributed by atoms with van der Waals surface area (Å²) in [6.45, 7) is 4.61. The average molecular weight is 867 g/mol. The third-order valence-electron chi connectivity index (χ3n) is 13.0. The van der Waals surface area contributed by atoms with Crippen LogP contribution in [0.25, 0.3) is 11.0 Å². The molecule has 4 aliphatic carbocycles. The summed E-state index contributed by atoms with van der Waals surface area (Å²) in [7, 11) is -2.78. The number of hydrogen-bond donors (Lipinski definition) is 3. The number of carbonyl (C=O) groups is 4. The zero-order valence-corrected chi connectivity index (χ0v) is 34.5. The predicted molar refractivity (Wildman–Crippen MR) is 204 cm³/mol. The van der Waals surface area contributed by atoms with E-state index in [0.29, 0.717) is 36.8 Å². The molecule has 1 aromatic heterocycles. The summed E-state index contributed by atoms with van der Waals surface area (Å²) in [4.78, 5) is 65.9. The van der Waals surface area contributed by atoms with Gasteiger partial charge in [-0.3, -0.25) is 19.1 Å². The fraction of sp³-hybridized carbons (Fsp3) is 0.700. The number of amides is 4. The lowest BCUT2D eigenvalue weighted by atomic mass is 9.85. The van der Waals surface area contributed by atoms with Crippen LogP contribution in [-0.2, 0) is 35.1 Å². The Hall–Kier alpha value is -4.49. The molecule has 0 spiro atoms. The number of nitrogens with one attached hydrogen (secondary N) is 3. The average Bonchev–Trinajstić information content (AvgIpc) is 4.11. The maximum absolute atomic E-state index is 16.4. The number of aromatic nitrogens is 2. The number of carbonyl (C=O) groups excluding carboxylic acids is 4. The summed E-state index contributed by atoms with van der Waals surface area (Å²) in [6, 6.07) is 1.63. The molecule has 328 valence electrons. The quantitative estimate of drug-likeness (QED) is 0.330. The van der Waals surface area contributed by atoms with E-state index in [1.54, 1.807) is 26.8 Å². The highest BCUT2D eigenvalue weighted by atomic mass is 32.2. The maximum atomic E-state index is 16.4. The monoisotopic (exact) mass is 866 g/mol. The van der Waals surface area contributed by atoms with E-state index in [2.05, 4.69) is 20.6 Å². The Morgan fingerprint density at radius 3 is 2.43 bits per heavy atom. The van der Waals surface area contributed by atoms with E-state index >= 15 is 8.78 Å². The van der Waals surface area contributed by atoms with Crippen molar-refractivity contribution in [2.45, 2.75) is 132 Å². The molecule has 0 radical (unpaired) electrons. The first kappa shape index (κ1) is 42.2. The van der Waals surface area contributed by atoms with E-state index in [0.717, 1.165) is 11.3 Å². The van der Waals surface area contributed by atoms with E-state index < -0.39 is 130 Å². The molecule has 6 aliphatic rings. The summed E-state index contributed by atoms with van der Waals surface area (Å²) in [5.74, 6) is -8.09. The third-order valence-corrected chi connectivity index (χ3v) is 14.9. The topological polar surface area (TPSA) is 195 Å². The molecule has 4 saturated carbocycles. The number of benzene rings is 1. The minimum atomic E-state index is -4.20. The van der Waals surface area contributed by atoms with Gasteiger partial charge in [0.2, 0.25) is 34.1 Å². The normalized spacial score (nSPS) is 32.9. The molecule has 15 nitrogen and oxygen atoms in total. The highest BCUT2D eigenvalue weighted by Crippen LogP contribution is 2.58. The van der Waals surface area contributed by atoms with E-state index in [1.807, 2.05) is 4.72 Å². The number of ether oxygens (including phenoxy) is 3. The van der Waals surface area contributed by atoms with Crippen LogP contribution in [0, 0.1) is 29.1 Å². The number of methoxy groups -OCH3 is 1. The van der Waals surface area contributed by atoms with Crippen LogP contribution in [0.1, 0.15) is 90.7 Å². The van der Waals surface area contributed by atoms with Gasteiger partial charge in [0.25, 0.3) is 11.8 Å². The van der Waals surface area contributed by atoms with Gasteiger partial charge in [-0.2, -0.15) is 8.78 Å². The number of halogens is 4. The van der Waals surface area contributed by atoms with Crippen LogP contribution in [0.5, 0.6) is 11.6 Å². The maximum Gasteiger partial charge on any atom is 0.408 e. The summed E-state index contributed by atoms with van der Waals surface area (Å²) < 4.78 is 106. The smallest absolute Gasteiger partial charge is 0.408 e. The zero-order chi connectivity index (χ0) is 43.1. The van der Waals surface area contributed by atoms with Crippen LogP contribution in [0.15, 0.2) is 18.2 Å². The van der Waals surface area contributed by atoms with Crippen LogP contribution in [0.4, 0.5) is 22.4 Å². The third kappa shape index (κ3) is 8.15. The summed E-state index contributed by atoms with van der Waals surface area (Å²) in [5, 5.41) is 4.19. The van der Waals surface area contributed by atoms with E-state index in [1.165, 1.54) is 19.2 Å². The van der Waals surface area contributed by atoms with Gasteiger partial charge >= 0.3 is 6.09 Å². The second kappa shape index (κ2) is 15.1. The van der Waals surface area contributed by atoms with Crippen molar-refractivity contribution in [2.75, 3.05) is 13.7 Å². The van der Waals surface area contributed by atoms with E-state index in [-0.39, 0.29) is 36.2 Å². The minimum absolute atomic E-state index is 0.0536. The van der Waals surface area contributed by atoms with Gasteiger partial charge in [0.05, 0.1) is 35.9 Å². The summed E-state index contributed by atoms with van der Waals surface area (Å²) >= 11 is 0. The lowest BCUT2D eigenvalue weighted by molar-refractivity contribution is -0.143. The number of nitrogens with zero attached hydrogens (tertiary/aromatic N) is 3. The zero-order valence-electron chi connectivity index (χ0n) is 33.7. The van der Waals surface area contributed by atoms with Crippen molar-refractivity contribution in [3.8, 4) is 11.6 Å². The molecule has 2 bridgehead atoms. The minimum Gasteiger partial charge on any atom is -0.497 e. The lowest BCUT2D eigenvalue weighted by Crippen LogP contribution is -2.60. The Bertz CT molecular complexity index is 2190. The van der Waals surface area contributed by atoms with Crippen LogP contribution in [0.2, 0.25) is 0 Å². The second-order valence-electron chi connectivity index (χ2n) is 18.4. The largest absolute Gasteiger partial charge is 0.497 e. The fourth-order valence-electron chi connectivity index (χ4n) is 9.34. The second-order valence-corrected chi connectivity index (χ2v) is 20.4. The Balaban J connectivity index is 1.16. The van der Waals surface area contributed by atoms with Crippen molar-refractivity contribution in [2.24, 2.45) is 29.1 Å². The Labute approximate surface area is 344 Å². The molecule has 4 amide bonds. The van der Waals surface area contributed by atoms with Crippen molar-refractivity contribution in [3.05, 3.63) is 23.9 Å². The molecular formula is C40H50F4N6O9S. The van der Waals surface area contributed by atoms with E-state index in [9.17, 15) is 36.4 Å². The van der Waals surface area contributed by atoms with Gasteiger partial charge in [0.15, 0.2) is 5.69 Å². The molecule has 60 heavy (non-hydrogen) atoms. The van der Waals surface area contributed by atoms with E-state index in [4.69, 9.17) is 14.2 Å². The number of alkyl halides is 4. The van der Waals surface area contributed by atoms with Gasteiger partial charge in [0.1, 0.15) is 35.6 Å². The Kier molecular flexibility index (Phi) is 10.7. The number of sulfonamides is 1. The molecule has 1 aromatic carbocycles. The van der Waals surface area contributed by atoms with Gasteiger partial charge in [0, 0.05) is 18.9 Å². The first-order chi connectivity index (χ1) is 28.2. The van der Waals surface area contributed by atoms with Gasteiger partial charge in [-0.05, 0) is 80.2 Å². The summed E-state index contributed by atoms with van der Waals surface area (Å²) in [5.41, 5.74) is -3.77. The van der Waals surface area contributed by atoms with Crippen molar-refractivity contribution < 1.29 is 59.4 Å². The van der Waals surface area contributed by atoms with Gasteiger partial charge in [-0.15, -0.1) is 0 Å². The SMILES string of the molecule is COc1ccc2nc3c(nc2c1)OC1C[C@@H](C(=O)N[C@]2(C(=O)NS(=O)(=O)C4CC4)C[C@H]2C(F)F)N(C1)C(=O)[C@H](C(C)(C)C)NC(=O)O[C@@H]1C[C@@H]2C[C@@H]2[C@H]1CCCCC3(F)F. The first-order valence-corrected chi connectivity index (χ1v) is 22.1. The number of alkyl carbamates (subject to hydrolysis) is 1. The van der Waals surface area contributed by atoms with Crippen molar-refractivity contribution in [3.63, 3.8) is 0 Å². The number of rotatable bonds is 7.